The predicted octanol–water partition coefficient (Wildman–Crippen LogP) is 4.87. The summed E-state index contributed by atoms with van der Waals surface area (Å²) >= 11 is 0. The van der Waals surface area contributed by atoms with Gasteiger partial charge >= 0.3 is 11.9 Å². The molecule has 1 saturated heterocycles. The van der Waals surface area contributed by atoms with E-state index in [2.05, 4.69) is 19.9 Å². The molecule has 3 rings (SSSR count). The predicted molar refractivity (Wildman–Crippen MR) is 114 cm³/mol. The second-order valence-corrected chi connectivity index (χ2v) is 10.1. The lowest BCUT2D eigenvalue weighted by Gasteiger charge is -2.45. The molecule has 0 amide bonds. The van der Waals surface area contributed by atoms with Gasteiger partial charge in [0.1, 0.15) is 18.0 Å². The van der Waals surface area contributed by atoms with E-state index in [1.54, 1.807) is 0 Å². The minimum Gasteiger partial charge on any atom is -0.462 e. The van der Waals surface area contributed by atoms with Crippen LogP contribution in [-0.4, -0.2) is 29.9 Å². The molecule has 8 atom stereocenters. The van der Waals surface area contributed by atoms with Gasteiger partial charge in [0.15, 0.2) is 0 Å². The molecule has 0 N–H and O–H groups in total. The zero-order valence-electron chi connectivity index (χ0n) is 19.2. The van der Waals surface area contributed by atoms with E-state index < -0.39 is 0 Å². The zero-order valence-corrected chi connectivity index (χ0v) is 19.2. The minimum absolute atomic E-state index is 0.0675. The molecule has 0 bridgehead atoms. The van der Waals surface area contributed by atoms with Crippen molar-refractivity contribution in [2.24, 2.45) is 35.5 Å². The van der Waals surface area contributed by atoms with Gasteiger partial charge < -0.3 is 9.47 Å². The summed E-state index contributed by atoms with van der Waals surface area (Å²) in [5, 5.41) is 0. The third-order valence-electron chi connectivity index (χ3n) is 7.50. The number of esters is 2. The molecule has 0 radical (unpaired) electrons. The fourth-order valence-electron chi connectivity index (χ4n) is 5.57. The van der Waals surface area contributed by atoms with Crippen LogP contribution in [0.15, 0.2) is 11.6 Å². The molecule has 0 aromatic carbocycles. The maximum absolute atomic E-state index is 12.8. The van der Waals surface area contributed by atoms with Gasteiger partial charge in [0.25, 0.3) is 0 Å². The Kier molecular flexibility index (Phi) is 7.41. The fraction of sp³-hybridized carbons (Fsp3) is 0.800. The van der Waals surface area contributed by atoms with Gasteiger partial charge in [0.05, 0.1) is 5.92 Å². The monoisotopic (exact) mass is 418 g/mol. The van der Waals surface area contributed by atoms with Crippen LogP contribution in [0.5, 0.6) is 0 Å². The minimum atomic E-state index is -0.171. The summed E-state index contributed by atoms with van der Waals surface area (Å²) in [7, 11) is 0. The summed E-state index contributed by atoms with van der Waals surface area (Å²) in [5.74, 6) is 0.714. The first-order valence-electron chi connectivity index (χ1n) is 11.8. The van der Waals surface area contributed by atoms with Crippen LogP contribution in [0.3, 0.4) is 0 Å². The summed E-state index contributed by atoms with van der Waals surface area (Å²) in [6, 6.07) is 0. The van der Waals surface area contributed by atoms with Crippen LogP contribution >= 0.6 is 0 Å². The zero-order chi connectivity index (χ0) is 22.0. The second-order valence-electron chi connectivity index (χ2n) is 10.1. The van der Waals surface area contributed by atoms with Crippen LogP contribution in [0.2, 0.25) is 0 Å². The molecule has 0 spiro atoms. The van der Waals surface area contributed by atoms with Crippen molar-refractivity contribution >= 4 is 17.7 Å². The first-order valence-corrected chi connectivity index (χ1v) is 11.8. The normalized spacial score (nSPS) is 37.6. The highest BCUT2D eigenvalue weighted by molar-refractivity contribution is 5.85. The molecule has 1 saturated carbocycles. The molecule has 5 nitrogen and oxygen atoms in total. The van der Waals surface area contributed by atoms with Gasteiger partial charge in [-0.3, -0.25) is 14.4 Å². The molecule has 3 aliphatic rings. The number of carbonyl (C=O) groups is 3. The third kappa shape index (κ3) is 5.15. The summed E-state index contributed by atoms with van der Waals surface area (Å²) in [4.78, 5) is 37.2. The number of cyclic esters (lactones) is 1. The number of hydrogen-bond acceptors (Lipinski definition) is 5. The van der Waals surface area contributed by atoms with Crippen molar-refractivity contribution < 1.29 is 23.9 Å². The van der Waals surface area contributed by atoms with Gasteiger partial charge in [-0.15, -0.1) is 0 Å². The maximum Gasteiger partial charge on any atom is 0.308 e. The lowest BCUT2D eigenvalue weighted by molar-refractivity contribution is -0.161. The Hall–Kier alpha value is -1.65. The molecule has 1 heterocycles. The molecule has 5 heteroatoms. The number of allylic oxidation sites excluding steroid dienone is 1. The van der Waals surface area contributed by atoms with Crippen LogP contribution in [-0.2, 0) is 23.9 Å². The van der Waals surface area contributed by atoms with Crippen LogP contribution in [0.25, 0.3) is 0 Å². The highest BCUT2D eigenvalue weighted by Gasteiger charge is 2.46. The molecule has 30 heavy (non-hydrogen) atoms. The molecule has 168 valence electrons. The van der Waals surface area contributed by atoms with E-state index in [4.69, 9.17) is 9.47 Å². The topological polar surface area (TPSA) is 69.7 Å². The van der Waals surface area contributed by atoms with Gasteiger partial charge in [-0.2, -0.15) is 0 Å². The number of fused-ring (bicyclic) bond motifs is 1. The van der Waals surface area contributed by atoms with Crippen molar-refractivity contribution in [3.8, 4) is 0 Å². The summed E-state index contributed by atoms with van der Waals surface area (Å²) < 4.78 is 11.6. The Morgan fingerprint density at radius 2 is 1.93 bits per heavy atom. The highest BCUT2D eigenvalue weighted by atomic mass is 16.5. The number of rotatable bonds is 6. The Morgan fingerprint density at radius 1 is 1.20 bits per heavy atom. The third-order valence-corrected chi connectivity index (χ3v) is 7.50. The highest BCUT2D eigenvalue weighted by Crippen LogP contribution is 2.47. The first kappa shape index (κ1) is 23.0. The van der Waals surface area contributed by atoms with E-state index in [1.165, 1.54) is 0 Å². The number of Topliss-reactive ketones (excluding diaryl/α,β-unsaturated/α-hetero) is 1. The van der Waals surface area contributed by atoms with Gasteiger partial charge in [-0.05, 0) is 49.9 Å². The Balaban J connectivity index is 1.78. The Morgan fingerprint density at radius 3 is 2.60 bits per heavy atom. The average Bonchev–Trinajstić information content (AvgIpc) is 2.67. The molecule has 2 aliphatic carbocycles. The van der Waals surface area contributed by atoms with Crippen LogP contribution < -0.4 is 0 Å². The van der Waals surface area contributed by atoms with Gasteiger partial charge in [0.2, 0.25) is 0 Å². The van der Waals surface area contributed by atoms with Gasteiger partial charge in [-0.25, -0.2) is 0 Å². The molecule has 0 unspecified atom stereocenters. The maximum atomic E-state index is 12.8. The van der Waals surface area contributed by atoms with Crippen molar-refractivity contribution in [3.05, 3.63) is 11.6 Å². The fourth-order valence-corrected chi connectivity index (χ4v) is 5.57. The molecule has 2 fully saturated rings. The molecule has 1 aliphatic heterocycles. The standard InChI is InChI=1S/C25H38O5/c1-6-16(4)25(28)30-22-11-14(2)9-18-13-21(26)17(5)20(24(18)22)8-7-19-10-15(3)12-23(27)29-19/h9,14-17,19-20,22,24H,6-8,10-13H2,1-5H3/t14-,15+,16-,17+,19+,20-,22-,24-/m0/s1. The van der Waals surface area contributed by atoms with Crippen LogP contribution in [0.4, 0.5) is 0 Å². The van der Waals surface area contributed by atoms with E-state index in [0.717, 1.165) is 37.7 Å². The van der Waals surface area contributed by atoms with Crippen molar-refractivity contribution in [2.45, 2.75) is 91.8 Å². The summed E-state index contributed by atoms with van der Waals surface area (Å²) in [6.07, 6.45) is 7.00. The smallest absolute Gasteiger partial charge is 0.308 e. The van der Waals surface area contributed by atoms with E-state index >= 15 is 0 Å². The SMILES string of the molecule is CC[C@H](C)C(=O)O[C@H]1C[C@@H](C)C=C2CC(=O)[C@H](C)[C@H](CC[C@@H]3C[C@@H](C)CC(=O)O3)[C@H]21. The first-order chi connectivity index (χ1) is 14.2. The number of hydrogen-bond donors (Lipinski definition) is 0. The van der Waals surface area contributed by atoms with E-state index in [9.17, 15) is 14.4 Å². The summed E-state index contributed by atoms with van der Waals surface area (Å²) in [6.45, 7) is 10.2. The average molecular weight is 419 g/mol. The molecular weight excluding hydrogens is 380 g/mol. The molecular formula is C25H38O5. The lowest BCUT2D eigenvalue weighted by Crippen LogP contribution is -2.46. The second kappa shape index (κ2) is 9.65. The largest absolute Gasteiger partial charge is 0.462 e. The van der Waals surface area contributed by atoms with Crippen molar-refractivity contribution in [1.82, 2.24) is 0 Å². The van der Waals surface area contributed by atoms with Crippen molar-refractivity contribution in [3.63, 3.8) is 0 Å². The molecule has 0 aromatic rings. The van der Waals surface area contributed by atoms with E-state index in [1.807, 2.05) is 20.8 Å². The Bertz CT molecular complexity index is 696. The van der Waals surface area contributed by atoms with Crippen molar-refractivity contribution in [2.75, 3.05) is 0 Å². The Labute approximate surface area is 181 Å². The number of ketones is 1. The van der Waals surface area contributed by atoms with E-state index in [-0.39, 0.29) is 53.6 Å². The van der Waals surface area contributed by atoms with Gasteiger partial charge in [0, 0.05) is 24.7 Å². The number of ether oxygens (including phenoxy) is 2. The van der Waals surface area contributed by atoms with E-state index in [0.29, 0.717) is 24.7 Å². The lowest BCUT2D eigenvalue weighted by atomic mass is 9.62. The summed E-state index contributed by atoms with van der Waals surface area (Å²) in [5.41, 5.74) is 1.15. The quantitative estimate of drug-likeness (QED) is 0.454. The molecule has 0 aromatic heterocycles. The van der Waals surface area contributed by atoms with Gasteiger partial charge in [-0.1, -0.05) is 46.3 Å². The van der Waals surface area contributed by atoms with Crippen LogP contribution in [0.1, 0.15) is 79.6 Å². The van der Waals surface area contributed by atoms with Crippen molar-refractivity contribution in [1.29, 1.82) is 0 Å². The van der Waals surface area contributed by atoms with Crippen LogP contribution in [0, 0.1) is 35.5 Å². The number of carbonyl (C=O) groups excluding carboxylic acids is 3.